The molecule has 0 bridgehead atoms. The van der Waals surface area contributed by atoms with E-state index in [0.29, 0.717) is 32.7 Å². The summed E-state index contributed by atoms with van der Waals surface area (Å²) >= 11 is 0. The first-order chi connectivity index (χ1) is 13.6. The van der Waals surface area contributed by atoms with E-state index in [-0.39, 0.29) is 11.8 Å². The number of hydrogen-bond acceptors (Lipinski definition) is 3. The topological polar surface area (TPSA) is 58.6 Å². The molecule has 0 saturated carbocycles. The van der Waals surface area contributed by atoms with Crippen LogP contribution in [0.1, 0.15) is 31.4 Å². The molecule has 2 amide bonds. The Bertz CT molecular complexity index is 719. The van der Waals surface area contributed by atoms with Gasteiger partial charge in [0, 0.05) is 39.6 Å². The molecule has 5 nitrogen and oxygen atoms in total. The lowest BCUT2D eigenvalue weighted by Gasteiger charge is -2.30. The van der Waals surface area contributed by atoms with E-state index in [1.54, 1.807) is 4.90 Å². The van der Waals surface area contributed by atoms with Crippen molar-refractivity contribution in [3.63, 3.8) is 0 Å². The third-order valence-corrected chi connectivity index (χ3v) is 4.52. The number of carbonyl (C=O) groups excluding carboxylic acids is 2. The summed E-state index contributed by atoms with van der Waals surface area (Å²) in [4.78, 5) is 27.0. The van der Waals surface area contributed by atoms with Gasteiger partial charge in [0.25, 0.3) is 0 Å². The molecular formula is C23H30N2O3. The molecule has 0 aliphatic rings. The fourth-order valence-electron chi connectivity index (χ4n) is 3.05. The second-order valence-electron chi connectivity index (χ2n) is 6.68. The predicted octanol–water partition coefficient (Wildman–Crippen LogP) is 3.19. The van der Waals surface area contributed by atoms with Crippen molar-refractivity contribution in [2.75, 3.05) is 19.8 Å². The van der Waals surface area contributed by atoms with Crippen LogP contribution in [0.4, 0.5) is 0 Å². The van der Waals surface area contributed by atoms with Crippen LogP contribution in [0.2, 0.25) is 0 Å². The zero-order valence-corrected chi connectivity index (χ0v) is 16.8. The van der Waals surface area contributed by atoms with Crippen molar-refractivity contribution in [1.82, 2.24) is 10.2 Å². The number of ether oxygens (including phenoxy) is 1. The largest absolute Gasteiger partial charge is 0.382 e. The van der Waals surface area contributed by atoms with Crippen LogP contribution in [0.5, 0.6) is 0 Å². The highest BCUT2D eigenvalue weighted by Gasteiger charge is 2.28. The van der Waals surface area contributed by atoms with E-state index in [2.05, 4.69) is 5.32 Å². The number of nitrogens with zero attached hydrogens (tertiary/aromatic N) is 1. The summed E-state index contributed by atoms with van der Waals surface area (Å²) < 4.78 is 5.32. The van der Waals surface area contributed by atoms with E-state index in [9.17, 15) is 9.59 Å². The Balaban J connectivity index is 2.14. The minimum atomic E-state index is -0.563. The van der Waals surface area contributed by atoms with Crippen molar-refractivity contribution in [3.8, 4) is 0 Å². The normalized spacial score (nSPS) is 11.6. The van der Waals surface area contributed by atoms with Crippen molar-refractivity contribution in [3.05, 3.63) is 71.8 Å². The summed E-state index contributed by atoms with van der Waals surface area (Å²) in [5, 5.41) is 2.97. The zero-order chi connectivity index (χ0) is 20.2. The average molecular weight is 383 g/mol. The molecule has 2 aromatic rings. The Kier molecular flexibility index (Phi) is 9.22. The van der Waals surface area contributed by atoms with Crippen LogP contribution < -0.4 is 5.32 Å². The summed E-state index contributed by atoms with van der Waals surface area (Å²) in [5.74, 6) is -0.249. The van der Waals surface area contributed by atoms with E-state index in [0.717, 1.165) is 17.5 Å². The lowest BCUT2D eigenvalue weighted by atomic mass is 10.0. The van der Waals surface area contributed by atoms with E-state index < -0.39 is 6.04 Å². The number of hydrogen-bond donors (Lipinski definition) is 1. The van der Waals surface area contributed by atoms with Gasteiger partial charge in [-0.2, -0.15) is 0 Å². The number of nitrogens with one attached hydrogen (secondary N) is 1. The third kappa shape index (κ3) is 7.16. The van der Waals surface area contributed by atoms with Crippen molar-refractivity contribution in [2.45, 2.75) is 39.3 Å². The lowest BCUT2D eigenvalue weighted by molar-refractivity contribution is -0.139. The maximum Gasteiger partial charge on any atom is 0.243 e. The van der Waals surface area contributed by atoms with Crippen LogP contribution in [0.25, 0.3) is 0 Å². The molecule has 0 heterocycles. The molecule has 0 aromatic heterocycles. The van der Waals surface area contributed by atoms with Gasteiger partial charge in [0.2, 0.25) is 11.8 Å². The summed E-state index contributed by atoms with van der Waals surface area (Å²) in [5.41, 5.74) is 2.02. The maximum atomic E-state index is 13.0. The Hall–Kier alpha value is -2.66. The molecule has 28 heavy (non-hydrogen) atoms. The van der Waals surface area contributed by atoms with Gasteiger partial charge in [-0.3, -0.25) is 9.59 Å². The number of amides is 2. The minimum Gasteiger partial charge on any atom is -0.382 e. The van der Waals surface area contributed by atoms with E-state index >= 15 is 0 Å². The van der Waals surface area contributed by atoms with Crippen LogP contribution in [-0.4, -0.2) is 42.5 Å². The minimum absolute atomic E-state index is 0.116. The molecular weight excluding hydrogens is 352 g/mol. The summed E-state index contributed by atoms with van der Waals surface area (Å²) in [6, 6.07) is 19.0. The van der Waals surface area contributed by atoms with Gasteiger partial charge in [-0.05, 0) is 24.5 Å². The first kappa shape index (κ1) is 21.6. The molecule has 0 fully saturated rings. The highest BCUT2D eigenvalue weighted by Crippen LogP contribution is 2.14. The van der Waals surface area contributed by atoms with Gasteiger partial charge in [0.15, 0.2) is 0 Å². The van der Waals surface area contributed by atoms with Crippen LogP contribution in [-0.2, 0) is 27.3 Å². The fraction of sp³-hybridized carbons (Fsp3) is 0.391. The Morgan fingerprint density at radius 1 is 1.00 bits per heavy atom. The monoisotopic (exact) mass is 382 g/mol. The highest BCUT2D eigenvalue weighted by molar-refractivity contribution is 5.87. The van der Waals surface area contributed by atoms with Gasteiger partial charge < -0.3 is 15.0 Å². The molecule has 1 N–H and O–H groups in total. The Morgan fingerprint density at radius 3 is 2.18 bits per heavy atom. The number of benzene rings is 2. The van der Waals surface area contributed by atoms with Crippen LogP contribution in [0.3, 0.4) is 0 Å². The molecule has 2 aromatic carbocycles. The molecule has 0 saturated heterocycles. The standard InChI is InChI=1S/C23H30N2O3/c1-3-28-16-10-15-24-23(27)22(17-20-11-6-4-7-12-20)25(19(2)26)18-21-13-8-5-9-14-21/h4-9,11-14,22H,3,10,15-18H2,1-2H3,(H,24,27). The van der Waals surface area contributed by atoms with Crippen LogP contribution in [0.15, 0.2) is 60.7 Å². The first-order valence-electron chi connectivity index (χ1n) is 9.82. The lowest BCUT2D eigenvalue weighted by Crippen LogP contribution is -2.50. The maximum absolute atomic E-state index is 13.0. The molecule has 5 heteroatoms. The molecule has 0 aliphatic carbocycles. The van der Waals surface area contributed by atoms with Crippen molar-refractivity contribution in [2.24, 2.45) is 0 Å². The molecule has 2 rings (SSSR count). The molecule has 1 atom stereocenters. The summed E-state index contributed by atoms with van der Waals surface area (Å²) in [7, 11) is 0. The zero-order valence-electron chi connectivity index (χ0n) is 16.8. The Labute approximate surface area is 167 Å². The average Bonchev–Trinajstić information content (AvgIpc) is 2.71. The van der Waals surface area contributed by atoms with Crippen molar-refractivity contribution < 1.29 is 14.3 Å². The number of carbonyl (C=O) groups is 2. The molecule has 0 spiro atoms. The summed E-state index contributed by atoms with van der Waals surface area (Å²) in [6.45, 7) is 5.67. The van der Waals surface area contributed by atoms with Gasteiger partial charge in [-0.15, -0.1) is 0 Å². The summed E-state index contributed by atoms with van der Waals surface area (Å²) in [6.07, 6.45) is 1.22. The van der Waals surface area contributed by atoms with Crippen molar-refractivity contribution in [1.29, 1.82) is 0 Å². The van der Waals surface area contributed by atoms with Gasteiger partial charge in [0.1, 0.15) is 6.04 Å². The smallest absolute Gasteiger partial charge is 0.243 e. The van der Waals surface area contributed by atoms with Crippen molar-refractivity contribution >= 4 is 11.8 Å². The van der Waals surface area contributed by atoms with E-state index in [4.69, 9.17) is 4.74 Å². The third-order valence-electron chi connectivity index (χ3n) is 4.52. The predicted molar refractivity (Wildman–Crippen MR) is 111 cm³/mol. The number of rotatable bonds is 11. The van der Waals surface area contributed by atoms with Gasteiger partial charge in [0.05, 0.1) is 0 Å². The molecule has 1 unspecified atom stereocenters. The second-order valence-corrected chi connectivity index (χ2v) is 6.68. The van der Waals surface area contributed by atoms with Gasteiger partial charge in [-0.25, -0.2) is 0 Å². The van der Waals surface area contributed by atoms with E-state index in [1.807, 2.05) is 67.6 Å². The Morgan fingerprint density at radius 2 is 1.61 bits per heavy atom. The first-order valence-corrected chi connectivity index (χ1v) is 9.82. The second kappa shape index (κ2) is 11.9. The SMILES string of the molecule is CCOCCCNC(=O)C(Cc1ccccc1)N(Cc1ccccc1)C(C)=O. The molecule has 150 valence electrons. The molecule has 0 radical (unpaired) electrons. The quantitative estimate of drug-likeness (QED) is 0.607. The highest BCUT2D eigenvalue weighted by atomic mass is 16.5. The van der Waals surface area contributed by atoms with Gasteiger partial charge >= 0.3 is 0 Å². The van der Waals surface area contributed by atoms with Gasteiger partial charge in [-0.1, -0.05) is 60.7 Å². The van der Waals surface area contributed by atoms with E-state index in [1.165, 1.54) is 6.92 Å². The fourth-order valence-corrected chi connectivity index (χ4v) is 3.05. The van der Waals surface area contributed by atoms with Crippen LogP contribution >= 0.6 is 0 Å². The molecule has 0 aliphatic heterocycles. The van der Waals surface area contributed by atoms with Crippen LogP contribution in [0, 0.1) is 0 Å².